The summed E-state index contributed by atoms with van der Waals surface area (Å²) in [4.78, 5) is 26.2. The van der Waals surface area contributed by atoms with Gasteiger partial charge in [0.05, 0.1) is 4.92 Å². The van der Waals surface area contributed by atoms with E-state index in [1.165, 1.54) is 25.4 Å². The average molecular weight is 266 g/mol. The second-order valence-electron chi connectivity index (χ2n) is 5.19. The third kappa shape index (κ3) is 3.64. The number of hydrogen-bond acceptors (Lipinski definition) is 5. The molecule has 0 unspecified atom stereocenters. The zero-order chi connectivity index (χ0) is 14.6. The Morgan fingerprint density at radius 1 is 1.47 bits per heavy atom. The second-order valence-corrected chi connectivity index (χ2v) is 5.19. The van der Waals surface area contributed by atoms with Crippen molar-refractivity contribution in [2.75, 3.05) is 12.4 Å². The summed E-state index contributed by atoms with van der Waals surface area (Å²) in [6, 6.07) is 2.21. The number of hydrogen-bond donors (Lipinski definition) is 2. The molecular weight excluding hydrogens is 248 g/mol. The highest BCUT2D eigenvalue weighted by molar-refractivity contribution is 5.85. The SMILES string of the molecule is CNC(=O)[C@@H](Nc1ncccc1[N+](=O)[O-])C(C)(C)C. The van der Waals surface area contributed by atoms with Crippen LogP contribution in [-0.2, 0) is 4.79 Å². The van der Waals surface area contributed by atoms with Gasteiger partial charge < -0.3 is 10.6 Å². The molecule has 0 radical (unpaired) electrons. The maximum absolute atomic E-state index is 11.9. The molecule has 0 bridgehead atoms. The van der Waals surface area contributed by atoms with Crippen molar-refractivity contribution in [2.45, 2.75) is 26.8 Å². The zero-order valence-electron chi connectivity index (χ0n) is 11.4. The summed E-state index contributed by atoms with van der Waals surface area (Å²) in [5, 5.41) is 16.3. The first-order valence-corrected chi connectivity index (χ1v) is 5.85. The Balaban J connectivity index is 3.11. The molecule has 1 atom stereocenters. The number of amides is 1. The molecule has 1 aromatic rings. The van der Waals surface area contributed by atoms with Gasteiger partial charge in [0.1, 0.15) is 6.04 Å². The van der Waals surface area contributed by atoms with Gasteiger partial charge in [0.15, 0.2) is 0 Å². The topological polar surface area (TPSA) is 97.2 Å². The first-order valence-electron chi connectivity index (χ1n) is 5.85. The van der Waals surface area contributed by atoms with E-state index in [4.69, 9.17) is 0 Å². The molecule has 2 N–H and O–H groups in total. The molecule has 0 aliphatic heterocycles. The molecule has 0 saturated heterocycles. The third-order valence-electron chi connectivity index (χ3n) is 2.64. The number of anilines is 1. The van der Waals surface area contributed by atoms with E-state index in [0.717, 1.165) is 0 Å². The molecule has 0 aliphatic rings. The Hall–Kier alpha value is -2.18. The highest BCUT2D eigenvalue weighted by atomic mass is 16.6. The van der Waals surface area contributed by atoms with Crippen LogP contribution in [-0.4, -0.2) is 28.9 Å². The van der Waals surface area contributed by atoms with Gasteiger partial charge in [0.25, 0.3) is 0 Å². The summed E-state index contributed by atoms with van der Waals surface area (Å²) in [6.45, 7) is 5.61. The molecule has 0 aliphatic carbocycles. The van der Waals surface area contributed by atoms with Gasteiger partial charge in [-0.15, -0.1) is 0 Å². The van der Waals surface area contributed by atoms with Crippen LogP contribution in [0.4, 0.5) is 11.5 Å². The number of nitro groups is 1. The number of nitrogens with one attached hydrogen (secondary N) is 2. The summed E-state index contributed by atoms with van der Waals surface area (Å²) >= 11 is 0. The quantitative estimate of drug-likeness (QED) is 0.636. The van der Waals surface area contributed by atoms with Gasteiger partial charge >= 0.3 is 5.69 Å². The van der Waals surface area contributed by atoms with Gasteiger partial charge in [-0.05, 0) is 11.5 Å². The fourth-order valence-electron chi connectivity index (χ4n) is 1.61. The Morgan fingerprint density at radius 2 is 2.11 bits per heavy atom. The van der Waals surface area contributed by atoms with Crippen molar-refractivity contribution in [3.63, 3.8) is 0 Å². The van der Waals surface area contributed by atoms with Crippen LogP contribution in [0.1, 0.15) is 20.8 Å². The van der Waals surface area contributed by atoms with Crippen molar-refractivity contribution in [3.8, 4) is 0 Å². The van der Waals surface area contributed by atoms with Crippen molar-refractivity contribution in [1.29, 1.82) is 0 Å². The predicted octanol–water partition coefficient (Wildman–Crippen LogP) is 1.56. The lowest BCUT2D eigenvalue weighted by atomic mass is 9.86. The van der Waals surface area contributed by atoms with E-state index in [0.29, 0.717) is 0 Å². The van der Waals surface area contributed by atoms with E-state index in [1.54, 1.807) is 0 Å². The van der Waals surface area contributed by atoms with Gasteiger partial charge in [-0.1, -0.05) is 20.8 Å². The molecule has 0 saturated carbocycles. The van der Waals surface area contributed by atoms with Gasteiger partial charge in [-0.3, -0.25) is 14.9 Å². The van der Waals surface area contributed by atoms with E-state index in [2.05, 4.69) is 15.6 Å². The monoisotopic (exact) mass is 266 g/mol. The molecule has 1 amide bonds. The van der Waals surface area contributed by atoms with Crippen molar-refractivity contribution in [2.24, 2.45) is 5.41 Å². The fourth-order valence-corrected chi connectivity index (χ4v) is 1.61. The van der Waals surface area contributed by atoms with Crippen LogP contribution in [0.2, 0.25) is 0 Å². The van der Waals surface area contributed by atoms with Gasteiger partial charge in [0.2, 0.25) is 11.7 Å². The molecule has 1 aromatic heterocycles. The predicted molar refractivity (Wildman–Crippen MR) is 71.8 cm³/mol. The van der Waals surface area contributed by atoms with Crippen LogP contribution in [0.5, 0.6) is 0 Å². The molecule has 0 aromatic carbocycles. The van der Waals surface area contributed by atoms with E-state index in [1.807, 2.05) is 20.8 Å². The van der Waals surface area contributed by atoms with Crippen LogP contribution in [0, 0.1) is 15.5 Å². The van der Waals surface area contributed by atoms with Crippen molar-refractivity contribution in [1.82, 2.24) is 10.3 Å². The Morgan fingerprint density at radius 3 is 2.58 bits per heavy atom. The van der Waals surface area contributed by atoms with E-state index in [9.17, 15) is 14.9 Å². The number of aromatic nitrogens is 1. The van der Waals surface area contributed by atoms with E-state index >= 15 is 0 Å². The maximum atomic E-state index is 11.9. The van der Waals surface area contributed by atoms with Gasteiger partial charge in [-0.25, -0.2) is 4.98 Å². The van der Waals surface area contributed by atoms with E-state index < -0.39 is 16.4 Å². The largest absolute Gasteiger partial charge is 0.357 e. The minimum Gasteiger partial charge on any atom is -0.357 e. The highest BCUT2D eigenvalue weighted by Gasteiger charge is 2.32. The Kier molecular flexibility index (Phi) is 4.42. The summed E-state index contributed by atoms with van der Waals surface area (Å²) in [5.41, 5.74) is -0.563. The summed E-state index contributed by atoms with van der Waals surface area (Å²) in [5.74, 6) is -0.150. The second kappa shape index (κ2) is 5.64. The summed E-state index contributed by atoms with van der Waals surface area (Å²) < 4.78 is 0. The van der Waals surface area contributed by atoms with Crippen LogP contribution >= 0.6 is 0 Å². The minimum absolute atomic E-state index is 0.0935. The Labute approximate surface area is 111 Å². The first-order chi connectivity index (χ1) is 8.77. The molecule has 0 spiro atoms. The number of likely N-dealkylation sites (N-methyl/N-ethyl adjacent to an activating group) is 1. The van der Waals surface area contributed by atoms with Crippen molar-refractivity contribution in [3.05, 3.63) is 28.4 Å². The number of nitrogens with zero attached hydrogens (tertiary/aromatic N) is 2. The number of rotatable bonds is 4. The fraction of sp³-hybridized carbons (Fsp3) is 0.500. The minimum atomic E-state index is -0.619. The lowest BCUT2D eigenvalue weighted by molar-refractivity contribution is -0.384. The molecule has 1 rings (SSSR count). The van der Waals surface area contributed by atoms with Gasteiger partial charge in [0, 0.05) is 19.3 Å². The first kappa shape index (κ1) is 14.9. The van der Waals surface area contributed by atoms with Crippen LogP contribution in [0.3, 0.4) is 0 Å². The van der Waals surface area contributed by atoms with Crippen molar-refractivity contribution < 1.29 is 9.72 Å². The van der Waals surface area contributed by atoms with Crippen molar-refractivity contribution >= 4 is 17.4 Å². The van der Waals surface area contributed by atoms with Gasteiger partial charge in [-0.2, -0.15) is 0 Å². The number of pyridine rings is 1. The van der Waals surface area contributed by atoms with Crippen LogP contribution in [0.25, 0.3) is 0 Å². The molecular formula is C12H18N4O3. The lowest BCUT2D eigenvalue weighted by Gasteiger charge is -2.30. The maximum Gasteiger partial charge on any atom is 0.311 e. The average Bonchev–Trinajstić information content (AvgIpc) is 2.34. The lowest BCUT2D eigenvalue weighted by Crippen LogP contribution is -2.46. The van der Waals surface area contributed by atoms with Crippen LogP contribution < -0.4 is 10.6 Å². The standard InChI is InChI=1S/C12H18N4O3/c1-12(2,3)9(11(17)13-4)15-10-8(16(18)19)6-5-7-14-10/h5-7,9H,1-4H3,(H,13,17)(H,14,15)/t9-/m1/s1. The molecule has 0 fully saturated rings. The summed E-state index contributed by atoms with van der Waals surface area (Å²) in [7, 11) is 1.52. The normalized spacial score (nSPS) is 12.6. The molecule has 19 heavy (non-hydrogen) atoms. The van der Waals surface area contributed by atoms with Crippen LogP contribution in [0.15, 0.2) is 18.3 Å². The molecule has 104 valence electrons. The third-order valence-corrected chi connectivity index (χ3v) is 2.64. The molecule has 1 heterocycles. The molecule has 7 nitrogen and oxygen atoms in total. The molecule has 7 heteroatoms. The number of carbonyl (C=O) groups is 1. The smallest absolute Gasteiger partial charge is 0.311 e. The van der Waals surface area contributed by atoms with E-state index in [-0.39, 0.29) is 17.4 Å². The zero-order valence-corrected chi connectivity index (χ0v) is 11.4. The summed E-state index contributed by atoms with van der Waals surface area (Å²) in [6.07, 6.45) is 1.44. The number of carbonyl (C=O) groups excluding carboxylic acids is 1. The Bertz CT molecular complexity index is 482. The highest BCUT2D eigenvalue weighted by Crippen LogP contribution is 2.27.